The molecular weight excluding hydrogens is 264 g/mol. The number of carbonyl (C=O) groups excluding carboxylic acids is 1. The van der Waals surface area contributed by atoms with Crippen molar-refractivity contribution in [3.05, 3.63) is 54.0 Å². The Morgan fingerprint density at radius 2 is 1.90 bits per heavy atom. The third-order valence-electron chi connectivity index (χ3n) is 3.40. The van der Waals surface area contributed by atoms with Crippen LogP contribution in [0.15, 0.2) is 47.1 Å². The third-order valence-corrected chi connectivity index (χ3v) is 3.40. The van der Waals surface area contributed by atoms with Gasteiger partial charge in [-0.15, -0.1) is 0 Å². The lowest BCUT2D eigenvalue weighted by Crippen LogP contribution is -2.30. The van der Waals surface area contributed by atoms with E-state index in [0.29, 0.717) is 5.92 Å². The van der Waals surface area contributed by atoms with Gasteiger partial charge in [0.05, 0.1) is 18.8 Å². The van der Waals surface area contributed by atoms with Crippen LogP contribution in [0.2, 0.25) is 0 Å². The molecule has 1 atom stereocenters. The predicted octanol–water partition coefficient (Wildman–Crippen LogP) is 3.69. The summed E-state index contributed by atoms with van der Waals surface area (Å²) in [5, 5.41) is 6.11. The van der Waals surface area contributed by atoms with E-state index in [9.17, 15) is 4.79 Å². The van der Waals surface area contributed by atoms with Crippen molar-refractivity contribution < 1.29 is 9.21 Å². The number of amides is 1. The van der Waals surface area contributed by atoms with Crippen molar-refractivity contribution in [1.29, 1.82) is 0 Å². The maximum atomic E-state index is 12.1. The van der Waals surface area contributed by atoms with Crippen molar-refractivity contribution in [2.75, 3.05) is 11.9 Å². The Hall–Kier alpha value is -2.07. The van der Waals surface area contributed by atoms with Gasteiger partial charge < -0.3 is 9.73 Å². The second kappa shape index (κ2) is 7.09. The molecule has 0 aliphatic carbocycles. The lowest BCUT2D eigenvalue weighted by atomic mass is 10.0. The smallest absolute Gasteiger partial charge is 0.238 e. The average Bonchev–Trinajstić information content (AvgIpc) is 2.99. The Balaban J connectivity index is 1.90. The Morgan fingerprint density at radius 3 is 2.57 bits per heavy atom. The number of hydrogen-bond acceptors (Lipinski definition) is 3. The molecule has 2 N–H and O–H groups in total. The van der Waals surface area contributed by atoms with Crippen LogP contribution in [0.1, 0.15) is 44.1 Å². The van der Waals surface area contributed by atoms with Crippen LogP contribution in [0.4, 0.5) is 5.69 Å². The summed E-state index contributed by atoms with van der Waals surface area (Å²) in [7, 11) is 0. The molecule has 1 heterocycles. The molecule has 0 fully saturated rings. The highest BCUT2D eigenvalue weighted by Gasteiger charge is 2.12. The van der Waals surface area contributed by atoms with E-state index in [-0.39, 0.29) is 18.5 Å². The molecule has 4 heteroatoms. The Bertz CT molecular complexity index is 576. The summed E-state index contributed by atoms with van der Waals surface area (Å²) in [4.78, 5) is 12.1. The fourth-order valence-electron chi connectivity index (χ4n) is 2.19. The first-order valence-electron chi connectivity index (χ1n) is 7.23. The SMILES string of the molecule is CC(C)c1ccccc1NC(=O)CN[C@@H](C)c1ccco1. The molecule has 0 aliphatic rings. The molecule has 2 aromatic rings. The van der Waals surface area contributed by atoms with E-state index in [2.05, 4.69) is 24.5 Å². The summed E-state index contributed by atoms with van der Waals surface area (Å²) >= 11 is 0. The third kappa shape index (κ3) is 4.20. The molecule has 2 rings (SSSR count). The lowest BCUT2D eigenvalue weighted by Gasteiger charge is -2.15. The molecule has 0 spiro atoms. The standard InChI is InChI=1S/C17H22N2O2/c1-12(2)14-7-4-5-8-15(14)19-17(20)11-18-13(3)16-9-6-10-21-16/h4-10,12-13,18H,11H2,1-3H3,(H,19,20)/t13-/m0/s1. The highest BCUT2D eigenvalue weighted by atomic mass is 16.3. The summed E-state index contributed by atoms with van der Waals surface area (Å²) < 4.78 is 5.30. The molecule has 0 saturated carbocycles. The van der Waals surface area contributed by atoms with Crippen molar-refractivity contribution in [3.63, 3.8) is 0 Å². The van der Waals surface area contributed by atoms with Gasteiger partial charge in [-0.1, -0.05) is 32.0 Å². The second-order valence-electron chi connectivity index (χ2n) is 5.41. The van der Waals surface area contributed by atoms with Crippen LogP contribution in [-0.4, -0.2) is 12.5 Å². The van der Waals surface area contributed by atoms with E-state index >= 15 is 0 Å². The monoisotopic (exact) mass is 286 g/mol. The van der Waals surface area contributed by atoms with Gasteiger partial charge in [0.25, 0.3) is 0 Å². The molecule has 0 saturated heterocycles. The van der Waals surface area contributed by atoms with Crippen molar-refractivity contribution in [1.82, 2.24) is 5.32 Å². The van der Waals surface area contributed by atoms with Crippen LogP contribution in [0.5, 0.6) is 0 Å². The topological polar surface area (TPSA) is 54.3 Å². The zero-order chi connectivity index (χ0) is 15.2. The van der Waals surface area contributed by atoms with Crippen LogP contribution in [0.3, 0.4) is 0 Å². The van der Waals surface area contributed by atoms with Crippen LogP contribution in [-0.2, 0) is 4.79 Å². The van der Waals surface area contributed by atoms with Crippen LogP contribution in [0.25, 0.3) is 0 Å². The largest absolute Gasteiger partial charge is 0.468 e. The molecule has 0 unspecified atom stereocenters. The van der Waals surface area contributed by atoms with E-state index in [4.69, 9.17) is 4.42 Å². The van der Waals surface area contributed by atoms with Gasteiger partial charge in [0.1, 0.15) is 5.76 Å². The molecule has 1 aromatic carbocycles. The molecule has 1 aromatic heterocycles. The van der Waals surface area contributed by atoms with Gasteiger partial charge in [0.2, 0.25) is 5.91 Å². The first-order chi connectivity index (χ1) is 10.1. The number of furan rings is 1. The number of benzene rings is 1. The fraction of sp³-hybridized carbons (Fsp3) is 0.353. The number of anilines is 1. The Kier molecular flexibility index (Phi) is 5.17. The van der Waals surface area contributed by atoms with E-state index < -0.39 is 0 Å². The van der Waals surface area contributed by atoms with E-state index in [1.807, 2.05) is 43.3 Å². The normalized spacial score (nSPS) is 12.4. The van der Waals surface area contributed by atoms with Gasteiger partial charge in [-0.2, -0.15) is 0 Å². The number of rotatable bonds is 6. The summed E-state index contributed by atoms with van der Waals surface area (Å²) in [6.45, 7) is 6.44. The van der Waals surface area contributed by atoms with E-state index in [0.717, 1.165) is 17.0 Å². The van der Waals surface area contributed by atoms with Gasteiger partial charge in [0, 0.05) is 5.69 Å². The van der Waals surface area contributed by atoms with Gasteiger partial charge in [-0.25, -0.2) is 0 Å². The Labute approximate surface area is 125 Å². The second-order valence-corrected chi connectivity index (χ2v) is 5.41. The van der Waals surface area contributed by atoms with Gasteiger partial charge >= 0.3 is 0 Å². The first kappa shape index (κ1) is 15.3. The number of hydrogen-bond donors (Lipinski definition) is 2. The first-order valence-corrected chi connectivity index (χ1v) is 7.23. The molecule has 21 heavy (non-hydrogen) atoms. The molecule has 1 amide bonds. The maximum absolute atomic E-state index is 12.1. The average molecular weight is 286 g/mol. The fourth-order valence-corrected chi connectivity index (χ4v) is 2.19. The highest BCUT2D eigenvalue weighted by Crippen LogP contribution is 2.23. The summed E-state index contributed by atoms with van der Waals surface area (Å²) in [6.07, 6.45) is 1.63. The minimum absolute atomic E-state index is 0.00564. The molecular formula is C17H22N2O2. The van der Waals surface area contributed by atoms with Crippen LogP contribution >= 0.6 is 0 Å². The summed E-state index contributed by atoms with van der Waals surface area (Å²) in [5.41, 5.74) is 2.02. The zero-order valence-corrected chi connectivity index (χ0v) is 12.7. The molecule has 0 bridgehead atoms. The predicted molar refractivity (Wildman–Crippen MR) is 84.3 cm³/mol. The number of carbonyl (C=O) groups is 1. The maximum Gasteiger partial charge on any atom is 0.238 e. The van der Waals surface area contributed by atoms with E-state index in [1.165, 1.54) is 0 Å². The van der Waals surface area contributed by atoms with Crippen molar-refractivity contribution in [3.8, 4) is 0 Å². The minimum atomic E-state index is -0.0542. The van der Waals surface area contributed by atoms with Crippen molar-refractivity contribution in [2.24, 2.45) is 0 Å². The Morgan fingerprint density at radius 1 is 1.14 bits per heavy atom. The number of nitrogens with one attached hydrogen (secondary N) is 2. The van der Waals surface area contributed by atoms with Crippen LogP contribution < -0.4 is 10.6 Å². The molecule has 0 aliphatic heterocycles. The van der Waals surface area contributed by atoms with Crippen LogP contribution in [0, 0.1) is 0 Å². The quantitative estimate of drug-likeness (QED) is 0.851. The minimum Gasteiger partial charge on any atom is -0.468 e. The zero-order valence-electron chi connectivity index (χ0n) is 12.7. The summed E-state index contributed by atoms with van der Waals surface area (Å²) in [5.74, 6) is 1.14. The van der Waals surface area contributed by atoms with Gasteiger partial charge in [-0.05, 0) is 36.6 Å². The van der Waals surface area contributed by atoms with E-state index in [1.54, 1.807) is 6.26 Å². The highest BCUT2D eigenvalue weighted by molar-refractivity contribution is 5.93. The molecule has 0 radical (unpaired) electrons. The van der Waals surface area contributed by atoms with Crippen molar-refractivity contribution in [2.45, 2.75) is 32.7 Å². The molecule has 112 valence electrons. The summed E-state index contributed by atoms with van der Waals surface area (Å²) in [6, 6.07) is 11.6. The van der Waals surface area contributed by atoms with Crippen molar-refractivity contribution >= 4 is 11.6 Å². The molecule has 4 nitrogen and oxygen atoms in total. The lowest BCUT2D eigenvalue weighted by molar-refractivity contribution is -0.115. The number of para-hydroxylation sites is 1. The van der Waals surface area contributed by atoms with Gasteiger partial charge in [0.15, 0.2) is 0 Å². The van der Waals surface area contributed by atoms with Gasteiger partial charge in [-0.3, -0.25) is 10.1 Å².